The average Bonchev–Trinajstić information content (AvgIpc) is 1.50. The number of aromatic nitrogens is 4. The number of nitrogens with zero attached hydrogens (tertiary/aromatic N) is 4. The molecule has 0 radical (unpaired) electrons. The molecule has 6 heteroatoms. The topological polar surface area (TPSA) is 35.9 Å². The van der Waals surface area contributed by atoms with Crippen LogP contribution < -0.4 is 9.30 Å². The predicted molar refractivity (Wildman–Crippen MR) is 352 cm³/mol. The van der Waals surface area contributed by atoms with E-state index in [0.717, 1.165) is 106 Å². The average molecular weight is 1300 g/mol. The van der Waals surface area contributed by atoms with Crippen LogP contribution in [-0.4, -0.2) is 14.1 Å². The number of pyridine rings is 1. The van der Waals surface area contributed by atoms with Gasteiger partial charge in [-0.05, 0) is 172 Å². The second kappa shape index (κ2) is 21.3. The van der Waals surface area contributed by atoms with Gasteiger partial charge in [0.1, 0.15) is 5.82 Å². The van der Waals surface area contributed by atoms with E-state index in [1.54, 1.807) is 0 Å². The van der Waals surface area contributed by atoms with E-state index in [1.165, 1.54) is 29.3 Å². The third kappa shape index (κ3) is 9.81. The van der Waals surface area contributed by atoms with Crippen LogP contribution in [0.1, 0.15) is 98.4 Å². The van der Waals surface area contributed by atoms with Crippen molar-refractivity contribution in [2.45, 2.75) is 92.3 Å². The van der Waals surface area contributed by atoms with Crippen molar-refractivity contribution in [3.05, 3.63) is 259 Å². The summed E-state index contributed by atoms with van der Waals surface area (Å²) in [5.74, 6) is 1.76. The third-order valence-electron chi connectivity index (χ3n) is 16.9. The Morgan fingerprint density at radius 2 is 1.02 bits per heavy atom. The quantitative estimate of drug-likeness (QED) is 0.118. The van der Waals surface area contributed by atoms with Crippen LogP contribution in [0.5, 0.6) is 11.5 Å². The van der Waals surface area contributed by atoms with Gasteiger partial charge in [0.15, 0.2) is 0 Å². The van der Waals surface area contributed by atoms with Gasteiger partial charge in [-0.3, -0.25) is 4.57 Å². The van der Waals surface area contributed by atoms with Crippen molar-refractivity contribution >= 4 is 32.8 Å². The van der Waals surface area contributed by atoms with Crippen LogP contribution >= 0.6 is 0 Å². The number of hydrogen-bond donors (Lipinski definition) is 0. The first kappa shape index (κ1) is 49.4. The monoisotopic (exact) mass is 1300 g/mol. The van der Waals surface area contributed by atoms with Crippen LogP contribution in [-0.2, 0) is 37.3 Å². The van der Waals surface area contributed by atoms with Crippen molar-refractivity contribution in [3.8, 4) is 95.5 Å². The largest absolute Gasteiger partial charge is 0.510 e. The standard InChI is InChI=1S/C80H68N4O.Pt/c1-50-20-18-21-51(2)75(50)55-43-68(53-32-36-57(37-33-53)79(6,7)8)76-69(44-55)64-26-14-12-24-62(64)63-25-13-15-27-65(63)70-42-54(52-30-34-56(35-31-52)78(3,4)5)45-73-77(70)83(76)49-82(73)59-22-19-23-60(47-59)85-61-38-39-67-66-28-16-17-29-71(66)84(72(67)48-61)74-46-58(40-41-81-74)80(9,10)11;/h12-46H,1-11H3;/q-2;/i1D3,2D3;. The van der Waals surface area contributed by atoms with Gasteiger partial charge in [0.2, 0.25) is 0 Å². The number of ether oxygens (including phenoxy) is 1. The Bertz CT molecular complexity index is 5020. The van der Waals surface area contributed by atoms with Crippen molar-refractivity contribution in [3.63, 3.8) is 0 Å². The maximum atomic E-state index is 8.92. The van der Waals surface area contributed by atoms with Crippen molar-refractivity contribution in [2.75, 3.05) is 0 Å². The van der Waals surface area contributed by atoms with Crippen molar-refractivity contribution < 1.29 is 38.6 Å². The molecule has 14 rings (SSSR count). The van der Waals surface area contributed by atoms with Crippen LogP contribution in [0.4, 0.5) is 0 Å². The first-order chi connectivity index (χ1) is 43.3. The van der Waals surface area contributed by atoms with E-state index < -0.39 is 13.7 Å². The molecule has 0 spiro atoms. The van der Waals surface area contributed by atoms with Gasteiger partial charge in [0.25, 0.3) is 6.33 Å². The summed E-state index contributed by atoms with van der Waals surface area (Å²) in [5, 5.41) is 2.10. The molecule has 426 valence electrons. The molecule has 86 heavy (non-hydrogen) atoms. The van der Waals surface area contributed by atoms with E-state index >= 15 is 0 Å². The summed E-state index contributed by atoms with van der Waals surface area (Å²) in [5.41, 5.74) is 17.7. The van der Waals surface area contributed by atoms with Crippen molar-refractivity contribution in [1.29, 1.82) is 0 Å². The molecule has 0 unspecified atom stereocenters. The SMILES string of the molecule is [2H]C([2H])([2H])c1cccc(C([2H])([2H])[2H])c1-c1cc(-c2ccc(C(C)(C)C)cc2)c2c(c1)-c1ccccc1-c1ccccc1-c1cc(-c3ccc(C(C)(C)C)cc3)cc3c1[n+]-2[c-]n3-c1[c-]c(Oc2[c-]c3c(cc2)c2ccccc2n3-c2cc(C(C)(C)C)ccn2)ccc1.[Pt]. The number of fused-ring (bicyclic) bond motifs is 10. The summed E-state index contributed by atoms with van der Waals surface area (Å²) in [6.45, 7) is 14.5. The van der Waals surface area contributed by atoms with E-state index in [2.05, 4.69) is 228 Å². The minimum atomic E-state index is -2.66. The molecule has 0 saturated heterocycles. The van der Waals surface area contributed by atoms with Crippen LogP contribution in [0, 0.1) is 32.2 Å². The van der Waals surface area contributed by atoms with Gasteiger partial charge < -0.3 is 13.9 Å². The number of imidazole rings is 1. The van der Waals surface area contributed by atoms with E-state index in [4.69, 9.17) is 17.9 Å². The Morgan fingerprint density at radius 1 is 0.453 bits per heavy atom. The molecule has 0 fully saturated rings. The zero-order valence-electron chi connectivity index (χ0n) is 55.7. The van der Waals surface area contributed by atoms with Crippen LogP contribution in [0.25, 0.3) is 117 Å². The normalized spacial score (nSPS) is 13.6. The molecular weight excluding hydrogens is 1230 g/mol. The molecular formula is C80H68N4OPt-2. The predicted octanol–water partition coefficient (Wildman–Crippen LogP) is 20.4. The van der Waals surface area contributed by atoms with Gasteiger partial charge >= 0.3 is 0 Å². The number of para-hydroxylation sites is 1. The molecule has 5 nitrogen and oxygen atoms in total. The Labute approximate surface area is 529 Å². The molecule has 0 atom stereocenters. The maximum absolute atomic E-state index is 8.92. The Morgan fingerprint density at radius 3 is 1.67 bits per heavy atom. The molecule has 10 aromatic carbocycles. The number of aryl methyl sites for hydroxylation is 2. The summed E-state index contributed by atoms with van der Waals surface area (Å²) in [6.07, 6.45) is 5.84. The van der Waals surface area contributed by atoms with Crippen molar-refractivity contribution in [2.24, 2.45) is 0 Å². The van der Waals surface area contributed by atoms with Gasteiger partial charge in [-0.1, -0.05) is 207 Å². The van der Waals surface area contributed by atoms with E-state index in [1.807, 2.05) is 60.8 Å². The Hall–Kier alpha value is -8.89. The fourth-order valence-electron chi connectivity index (χ4n) is 12.4. The maximum Gasteiger partial charge on any atom is 0.268 e. The summed E-state index contributed by atoms with van der Waals surface area (Å²) >= 11 is 0. The molecule has 0 amide bonds. The zero-order chi connectivity index (χ0) is 63.7. The van der Waals surface area contributed by atoms with Gasteiger partial charge in [0.05, 0.1) is 16.7 Å². The Balaban J connectivity index is 0.00000773. The van der Waals surface area contributed by atoms with Gasteiger partial charge in [-0.15, -0.1) is 29.7 Å². The van der Waals surface area contributed by atoms with Crippen LogP contribution in [0.15, 0.2) is 212 Å². The molecule has 4 heterocycles. The minimum Gasteiger partial charge on any atom is -0.510 e. The second-order valence-corrected chi connectivity index (χ2v) is 25.6. The summed E-state index contributed by atoms with van der Waals surface area (Å²) < 4.78 is 66.8. The molecule has 0 N–H and O–H groups in total. The Kier molecular flexibility index (Phi) is 12.2. The zero-order valence-corrected chi connectivity index (χ0v) is 52.0. The molecule has 0 aliphatic carbocycles. The summed E-state index contributed by atoms with van der Waals surface area (Å²) in [6, 6.07) is 77.2. The van der Waals surface area contributed by atoms with Crippen LogP contribution in [0.3, 0.4) is 0 Å². The molecule has 0 saturated carbocycles. The first-order valence-corrected chi connectivity index (χ1v) is 29.2. The van der Waals surface area contributed by atoms with Gasteiger partial charge in [0, 0.05) is 52.5 Å². The van der Waals surface area contributed by atoms with E-state index in [-0.39, 0.29) is 54.0 Å². The molecule has 1 aliphatic rings. The van der Waals surface area contributed by atoms with E-state index in [9.17, 15) is 0 Å². The molecule has 3 aromatic heterocycles. The van der Waals surface area contributed by atoms with Crippen molar-refractivity contribution in [1.82, 2.24) is 14.1 Å². The number of benzene rings is 10. The fourth-order valence-corrected chi connectivity index (χ4v) is 12.4. The number of hydrogen-bond acceptors (Lipinski definition) is 2. The smallest absolute Gasteiger partial charge is 0.268 e. The molecule has 1 aliphatic heterocycles. The molecule has 13 aromatic rings. The summed E-state index contributed by atoms with van der Waals surface area (Å²) in [7, 11) is 0. The van der Waals surface area contributed by atoms with Crippen LogP contribution in [0.2, 0.25) is 0 Å². The minimum absolute atomic E-state index is 0. The molecule has 0 bridgehead atoms. The summed E-state index contributed by atoms with van der Waals surface area (Å²) in [4.78, 5) is 4.92. The first-order valence-electron chi connectivity index (χ1n) is 32.2. The third-order valence-corrected chi connectivity index (χ3v) is 16.9. The van der Waals surface area contributed by atoms with Gasteiger partial charge in [-0.25, -0.2) is 4.98 Å². The second-order valence-electron chi connectivity index (χ2n) is 25.6. The fraction of sp³-hybridized carbons (Fsp3) is 0.175. The van der Waals surface area contributed by atoms with Gasteiger partial charge in [-0.2, -0.15) is 18.2 Å². The van der Waals surface area contributed by atoms with E-state index in [0.29, 0.717) is 22.7 Å². The number of rotatable bonds is 7.